The molecule has 1 aliphatic heterocycles. The number of nitrogens with two attached hydrogens (primary N) is 1. The van der Waals surface area contributed by atoms with Gasteiger partial charge in [0.2, 0.25) is 5.95 Å². The lowest BCUT2D eigenvalue weighted by molar-refractivity contribution is -0.137. The van der Waals surface area contributed by atoms with E-state index in [1.54, 1.807) is 0 Å². The molecule has 0 atom stereocenters. The zero-order valence-corrected chi connectivity index (χ0v) is 16.0. The third kappa shape index (κ3) is 4.15. The molecule has 1 fully saturated rings. The molecule has 1 aliphatic rings. The predicted octanol–water partition coefficient (Wildman–Crippen LogP) is 3.98. The summed E-state index contributed by atoms with van der Waals surface area (Å²) in [5.41, 5.74) is 3.92. The van der Waals surface area contributed by atoms with E-state index in [0.29, 0.717) is 23.6 Å². The zero-order valence-electron chi connectivity index (χ0n) is 16.0. The van der Waals surface area contributed by atoms with E-state index in [9.17, 15) is 27.2 Å². The van der Waals surface area contributed by atoms with Gasteiger partial charge in [-0.2, -0.15) is 13.2 Å². The van der Waals surface area contributed by atoms with Gasteiger partial charge in [0.15, 0.2) is 5.75 Å². The van der Waals surface area contributed by atoms with Crippen molar-refractivity contribution in [2.45, 2.75) is 6.18 Å². The van der Waals surface area contributed by atoms with E-state index in [1.807, 2.05) is 0 Å². The molecule has 0 bridgehead atoms. The van der Waals surface area contributed by atoms with Crippen molar-refractivity contribution in [1.82, 2.24) is 9.97 Å². The molecule has 3 aromatic rings. The molecule has 2 N–H and O–H groups in total. The van der Waals surface area contributed by atoms with Gasteiger partial charge in [0.05, 0.1) is 23.6 Å². The van der Waals surface area contributed by atoms with Crippen LogP contribution in [0.4, 0.5) is 39.7 Å². The Labute approximate surface area is 177 Å². The highest BCUT2D eigenvalue weighted by Crippen LogP contribution is 2.34. The summed E-state index contributed by atoms with van der Waals surface area (Å²) in [5.74, 6) is -1.14. The van der Waals surface area contributed by atoms with Gasteiger partial charge in [-0.1, -0.05) is 0 Å². The van der Waals surface area contributed by atoms with Crippen molar-refractivity contribution in [2.75, 3.05) is 22.1 Å². The van der Waals surface area contributed by atoms with Crippen molar-refractivity contribution < 1.29 is 31.9 Å². The molecule has 3 amide bonds. The number of imide groups is 1. The second-order valence-electron chi connectivity index (χ2n) is 6.67. The Balaban J connectivity index is 1.56. The van der Waals surface area contributed by atoms with Crippen molar-refractivity contribution in [2.24, 2.45) is 0 Å². The third-order valence-corrected chi connectivity index (χ3v) is 4.47. The monoisotopic (exact) mass is 447 g/mol. The van der Waals surface area contributed by atoms with Crippen molar-refractivity contribution in [3.63, 3.8) is 0 Å². The van der Waals surface area contributed by atoms with Gasteiger partial charge in [0.25, 0.3) is 5.91 Å². The first-order chi connectivity index (χ1) is 15.1. The van der Waals surface area contributed by atoms with Crippen LogP contribution in [0.15, 0.2) is 54.9 Å². The Hall–Kier alpha value is -4.22. The van der Waals surface area contributed by atoms with Crippen LogP contribution in [-0.4, -0.2) is 28.5 Å². The highest BCUT2D eigenvalue weighted by Gasteiger charge is 2.39. The quantitative estimate of drug-likeness (QED) is 0.480. The summed E-state index contributed by atoms with van der Waals surface area (Å²) in [6, 6.07) is 6.55. The Morgan fingerprint density at radius 1 is 0.938 bits per heavy atom. The SMILES string of the molecule is Nc1ncc(Oc2ccc(N3C(=O)CN(c4cc(F)cc(C(F)(F)F)c4)C3=O)cc2)cn1. The maximum Gasteiger partial charge on any atom is 0.416 e. The largest absolute Gasteiger partial charge is 0.454 e. The fourth-order valence-electron chi connectivity index (χ4n) is 3.03. The lowest BCUT2D eigenvalue weighted by atomic mass is 10.1. The van der Waals surface area contributed by atoms with E-state index in [2.05, 4.69) is 9.97 Å². The van der Waals surface area contributed by atoms with Gasteiger partial charge in [0.1, 0.15) is 18.1 Å². The van der Waals surface area contributed by atoms with E-state index in [1.165, 1.54) is 36.7 Å². The first kappa shape index (κ1) is 21.0. The first-order valence-electron chi connectivity index (χ1n) is 8.99. The molecule has 0 saturated carbocycles. The summed E-state index contributed by atoms with van der Waals surface area (Å²) in [6.07, 6.45) is -2.10. The minimum Gasteiger partial charge on any atom is -0.454 e. The molecule has 0 radical (unpaired) electrons. The Bertz CT molecular complexity index is 1180. The van der Waals surface area contributed by atoms with Crippen molar-refractivity contribution in [3.05, 3.63) is 66.2 Å². The van der Waals surface area contributed by atoms with E-state index < -0.39 is 36.0 Å². The molecule has 8 nitrogen and oxygen atoms in total. The number of alkyl halides is 3. The fourth-order valence-corrected chi connectivity index (χ4v) is 3.03. The molecule has 12 heteroatoms. The molecule has 2 aromatic carbocycles. The summed E-state index contributed by atoms with van der Waals surface area (Å²) >= 11 is 0. The second kappa shape index (κ2) is 7.80. The molecule has 4 rings (SSSR count). The molecule has 0 unspecified atom stereocenters. The van der Waals surface area contributed by atoms with Gasteiger partial charge >= 0.3 is 12.2 Å². The minimum atomic E-state index is -4.81. The van der Waals surface area contributed by atoms with Gasteiger partial charge in [-0.05, 0) is 42.5 Å². The number of hydrogen-bond acceptors (Lipinski definition) is 6. The number of carbonyl (C=O) groups is 2. The van der Waals surface area contributed by atoms with Crippen molar-refractivity contribution in [3.8, 4) is 11.5 Å². The average molecular weight is 447 g/mol. The molecule has 1 saturated heterocycles. The van der Waals surface area contributed by atoms with Gasteiger partial charge in [-0.15, -0.1) is 0 Å². The van der Waals surface area contributed by atoms with Crippen molar-refractivity contribution >= 4 is 29.3 Å². The molecule has 1 aromatic heterocycles. The summed E-state index contributed by atoms with van der Waals surface area (Å²) in [7, 11) is 0. The van der Waals surface area contributed by atoms with Gasteiger partial charge in [-0.3, -0.25) is 9.69 Å². The summed E-state index contributed by atoms with van der Waals surface area (Å²) in [5, 5.41) is 0. The second-order valence-corrected chi connectivity index (χ2v) is 6.67. The minimum absolute atomic E-state index is 0.0731. The van der Waals surface area contributed by atoms with Crippen LogP contribution in [0.5, 0.6) is 11.5 Å². The predicted molar refractivity (Wildman–Crippen MR) is 105 cm³/mol. The van der Waals surface area contributed by atoms with E-state index in [0.717, 1.165) is 15.9 Å². The van der Waals surface area contributed by atoms with Gasteiger partial charge in [0, 0.05) is 5.69 Å². The molecule has 0 spiro atoms. The van der Waals surface area contributed by atoms with Crippen LogP contribution in [0.2, 0.25) is 0 Å². The number of aromatic nitrogens is 2. The standard InChI is InChI=1S/C20H13F4N5O3/c21-12-5-11(20(22,23)24)6-14(7-12)28-10-17(30)29(19(28)31)13-1-3-15(4-2-13)32-16-8-26-18(25)27-9-16/h1-9H,10H2,(H2,25,26,27). The first-order valence-corrected chi connectivity index (χ1v) is 8.99. The lowest BCUT2D eigenvalue weighted by Crippen LogP contribution is -2.33. The van der Waals surface area contributed by atoms with E-state index in [4.69, 9.17) is 10.5 Å². The number of urea groups is 1. The van der Waals surface area contributed by atoms with E-state index in [-0.39, 0.29) is 17.3 Å². The summed E-state index contributed by atoms with van der Waals surface area (Å²) in [6.45, 7) is -0.541. The van der Waals surface area contributed by atoms with Crippen LogP contribution in [-0.2, 0) is 11.0 Å². The summed E-state index contributed by atoms with van der Waals surface area (Å²) < 4.78 is 58.2. The molecule has 32 heavy (non-hydrogen) atoms. The van der Waals surface area contributed by atoms with Gasteiger partial charge in [-0.25, -0.2) is 24.1 Å². The Morgan fingerprint density at radius 3 is 2.22 bits per heavy atom. The summed E-state index contributed by atoms with van der Waals surface area (Å²) in [4.78, 5) is 34.3. The highest BCUT2D eigenvalue weighted by molar-refractivity contribution is 6.26. The van der Waals surface area contributed by atoms with Crippen molar-refractivity contribution in [1.29, 1.82) is 0 Å². The normalized spacial score (nSPS) is 14.2. The number of benzene rings is 2. The third-order valence-electron chi connectivity index (χ3n) is 4.47. The fraction of sp³-hybridized carbons (Fsp3) is 0.100. The molecule has 164 valence electrons. The molecule has 0 aliphatic carbocycles. The number of nitrogen functional groups attached to an aromatic ring is 1. The maximum absolute atomic E-state index is 13.7. The molecule has 2 heterocycles. The Morgan fingerprint density at radius 2 is 1.59 bits per heavy atom. The van der Waals surface area contributed by atoms with Crippen LogP contribution < -0.4 is 20.3 Å². The van der Waals surface area contributed by atoms with Crippen LogP contribution in [0.25, 0.3) is 0 Å². The number of rotatable bonds is 4. The lowest BCUT2D eigenvalue weighted by Gasteiger charge is -2.19. The highest BCUT2D eigenvalue weighted by atomic mass is 19.4. The topological polar surface area (TPSA) is 102 Å². The number of ether oxygens (including phenoxy) is 1. The van der Waals surface area contributed by atoms with Crippen LogP contribution >= 0.6 is 0 Å². The van der Waals surface area contributed by atoms with Gasteiger partial charge < -0.3 is 10.5 Å². The Kier molecular flexibility index (Phi) is 5.12. The zero-order chi connectivity index (χ0) is 23.0. The number of nitrogens with zero attached hydrogens (tertiary/aromatic N) is 4. The number of amides is 3. The van der Waals surface area contributed by atoms with Crippen LogP contribution in [0.3, 0.4) is 0 Å². The smallest absolute Gasteiger partial charge is 0.416 e. The van der Waals surface area contributed by atoms with E-state index >= 15 is 0 Å². The van der Waals surface area contributed by atoms with Crippen LogP contribution in [0, 0.1) is 5.82 Å². The molecular weight excluding hydrogens is 434 g/mol. The van der Waals surface area contributed by atoms with Crippen LogP contribution in [0.1, 0.15) is 5.56 Å². The molecular formula is C20H13F4N5O3. The number of anilines is 3. The number of carbonyl (C=O) groups excluding carboxylic acids is 2. The number of hydrogen-bond donors (Lipinski definition) is 1. The maximum atomic E-state index is 13.7. The average Bonchev–Trinajstić information content (AvgIpc) is 3.03. The number of halogens is 4.